The molecule has 0 aliphatic carbocycles. The third kappa shape index (κ3) is 3.69. The number of halogens is 2. The van der Waals surface area contributed by atoms with Crippen LogP contribution in [-0.4, -0.2) is 16.0 Å². The molecule has 1 heterocycles. The van der Waals surface area contributed by atoms with Crippen molar-refractivity contribution in [1.29, 1.82) is 0 Å². The van der Waals surface area contributed by atoms with E-state index in [2.05, 4.69) is 22.4 Å². The number of nitrogens with two attached hydrogens (primary N) is 1. The molecule has 0 radical (unpaired) electrons. The molecule has 2 aromatic carbocycles. The van der Waals surface area contributed by atoms with Gasteiger partial charge in [0.05, 0.1) is 17.8 Å². The number of rotatable bonds is 6. The molecule has 6 nitrogen and oxygen atoms in total. The number of aryl methyl sites for hydroxylation is 1. The van der Waals surface area contributed by atoms with E-state index >= 15 is 0 Å². The van der Waals surface area contributed by atoms with Crippen LogP contribution in [0.5, 0.6) is 0 Å². The fraction of sp³-hybridized carbons (Fsp3) is 0.167. The largest absolute Gasteiger partial charge is 0.374 e. The molecule has 0 bridgehead atoms. The van der Waals surface area contributed by atoms with Gasteiger partial charge < -0.3 is 15.6 Å². The maximum Gasteiger partial charge on any atom is 0.251 e. The Bertz CT molecular complexity index is 939. The summed E-state index contributed by atoms with van der Waals surface area (Å²) in [4.78, 5) is 15.4. The van der Waals surface area contributed by atoms with Gasteiger partial charge in [0.15, 0.2) is 0 Å². The summed E-state index contributed by atoms with van der Waals surface area (Å²) in [6.07, 6.45) is 0.929. The van der Waals surface area contributed by atoms with Crippen molar-refractivity contribution in [2.75, 3.05) is 5.32 Å². The van der Waals surface area contributed by atoms with Crippen molar-refractivity contribution in [3.63, 3.8) is 0 Å². The first kappa shape index (κ1) is 17.5. The minimum absolute atomic E-state index is 0.000792. The second-order valence-corrected chi connectivity index (χ2v) is 5.59. The standard InChI is InChI=1S/C18H16F2N4O2/c1-2-10-3-5-11(6-4-10)18-23-16(26-24-18)9-22-15-7-12(17(21)25)13(19)8-14(15)20/h3-8,22H,2,9H2,1H3,(H2,21,25). The van der Waals surface area contributed by atoms with Crippen molar-refractivity contribution < 1.29 is 18.1 Å². The number of hydrogen-bond donors (Lipinski definition) is 2. The quantitative estimate of drug-likeness (QED) is 0.705. The predicted molar refractivity (Wildman–Crippen MR) is 91.3 cm³/mol. The summed E-state index contributed by atoms with van der Waals surface area (Å²) in [6.45, 7) is 2.06. The third-order valence-corrected chi connectivity index (χ3v) is 3.84. The number of hydrogen-bond acceptors (Lipinski definition) is 5. The van der Waals surface area contributed by atoms with Gasteiger partial charge in [0.25, 0.3) is 5.91 Å². The first-order valence-corrected chi connectivity index (χ1v) is 7.92. The van der Waals surface area contributed by atoms with Crippen molar-refractivity contribution in [1.82, 2.24) is 10.1 Å². The zero-order valence-corrected chi connectivity index (χ0v) is 13.9. The highest BCUT2D eigenvalue weighted by Crippen LogP contribution is 2.21. The number of aromatic nitrogens is 2. The van der Waals surface area contributed by atoms with Crippen LogP contribution in [0.4, 0.5) is 14.5 Å². The van der Waals surface area contributed by atoms with Crippen molar-refractivity contribution in [2.24, 2.45) is 5.73 Å². The Balaban J connectivity index is 1.74. The lowest BCUT2D eigenvalue weighted by molar-refractivity contribution is 0.0996. The van der Waals surface area contributed by atoms with Crippen LogP contribution in [0.15, 0.2) is 40.9 Å². The van der Waals surface area contributed by atoms with E-state index < -0.39 is 23.1 Å². The van der Waals surface area contributed by atoms with Gasteiger partial charge in [-0.15, -0.1) is 0 Å². The normalized spacial score (nSPS) is 10.7. The van der Waals surface area contributed by atoms with E-state index in [4.69, 9.17) is 10.3 Å². The van der Waals surface area contributed by atoms with E-state index in [1.54, 1.807) is 0 Å². The first-order chi connectivity index (χ1) is 12.5. The number of anilines is 1. The maximum absolute atomic E-state index is 13.8. The van der Waals surface area contributed by atoms with Crippen LogP contribution in [0.25, 0.3) is 11.4 Å². The van der Waals surface area contributed by atoms with Gasteiger partial charge in [0, 0.05) is 11.6 Å². The van der Waals surface area contributed by atoms with Gasteiger partial charge >= 0.3 is 0 Å². The summed E-state index contributed by atoms with van der Waals surface area (Å²) in [7, 11) is 0. The molecule has 0 atom stereocenters. The summed E-state index contributed by atoms with van der Waals surface area (Å²) < 4.78 is 32.4. The van der Waals surface area contributed by atoms with Gasteiger partial charge in [0.2, 0.25) is 11.7 Å². The molecule has 0 unspecified atom stereocenters. The van der Waals surface area contributed by atoms with Gasteiger partial charge in [-0.3, -0.25) is 4.79 Å². The van der Waals surface area contributed by atoms with Crippen molar-refractivity contribution in [3.05, 3.63) is 65.1 Å². The molecule has 1 aromatic heterocycles. The Labute approximate surface area is 148 Å². The monoisotopic (exact) mass is 358 g/mol. The second kappa shape index (κ2) is 7.30. The molecule has 0 saturated carbocycles. The highest BCUT2D eigenvalue weighted by atomic mass is 19.1. The fourth-order valence-electron chi connectivity index (χ4n) is 2.38. The number of benzene rings is 2. The molecular weight excluding hydrogens is 342 g/mol. The van der Waals surface area contributed by atoms with E-state index in [0.717, 1.165) is 18.1 Å². The van der Waals surface area contributed by atoms with Gasteiger partial charge in [-0.25, -0.2) is 8.78 Å². The summed E-state index contributed by atoms with van der Waals surface area (Å²) >= 11 is 0. The van der Waals surface area contributed by atoms with Gasteiger partial charge in [0.1, 0.15) is 11.6 Å². The lowest BCUT2D eigenvalue weighted by atomic mass is 10.1. The first-order valence-electron chi connectivity index (χ1n) is 7.92. The topological polar surface area (TPSA) is 94.0 Å². The minimum Gasteiger partial charge on any atom is -0.374 e. The van der Waals surface area contributed by atoms with Gasteiger partial charge in [-0.2, -0.15) is 4.98 Å². The molecule has 3 aromatic rings. The number of nitrogens with zero attached hydrogens (tertiary/aromatic N) is 2. The Morgan fingerprint density at radius 2 is 1.92 bits per heavy atom. The molecule has 0 aliphatic heterocycles. The molecule has 26 heavy (non-hydrogen) atoms. The third-order valence-electron chi connectivity index (χ3n) is 3.84. The van der Waals surface area contributed by atoms with Crippen LogP contribution >= 0.6 is 0 Å². The molecule has 3 N–H and O–H groups in total. The van der Waals surface area contributed by atoms with Crippen LogP contribution < -0.4 is 11.1 Å². The highest BCUT2D eigenvalue weighted by Gasteiger charge is 2.15. The van der Waals surface area contributed by atoms with E-state index in [1.165, 1.54) is 5.56 Å². The molecule has 3 rings (SSSR count). The fourth-order valence-corrected chi connectivity index (χ4v) is 2.38. The van der Waals surface area contributed by atoms with E-state index in [-0.39, 0.29) is 18.1 Å². The zero-order chi connectivity index (χ0) is 18.7. The molecule has 1 amide bonds. The van der Waals surface area contributed by atoms with Crippen LogP contribution in [0.1, 0.15) is 28.7 Å². The average molecular weight is 358 g/mol. The molecule has 8 heteroatoms. The SMILES string of the molecule is CCc1ccc(-c2noc(CNc3cc(C(N)=O)c(F)cc3F)n2)cc1. The van der Waals surface area contributed by atoms with E-state index in [9.17, 15) is 13.6 Å². The lowest BCUT2D eigenvalue weighted by Gasteiger charge is -2.07. The van der Waals surface area contributed by atoms with Crippen LogP contribution in [0.3, 0.4) is 0 Å². The van der Waals surface area contributed by atoms with E-state index in [0.29, 0.717) is 11.9 Å². The number of amides is 1. The van der Waals surface area contributed by atoms with Crippen LogP contribution in [0, 0.1) is 11.6 Å². The Morgan fingerprint density at radius 1 is 1.19 bits per heavy atom. The lowest BCUT2D eigenvalue weighted by Crippen LogP contribution is -2.14. The zero-order valence-electron chi connectivity index (χ0n) is 13.9. The molecule has 134 valence electrons. The van der Waals surface area contributed by atoms with E-state index in [1.807, 2.05) is 24.3 Å². The van der Waals surface area contributed by atoms with Gasteiger partial charge in [-0.1, -0.05) is 36.3 Å². The summed E-state index contributed by atoms with van der Waals surface area (Å²) in [5.74, 6) is -2.24. The molecule has 0 spiro atoms. The number of nitrogens with one attached hydrogen (secondary N) is 1. The Kier molecular flexibility index (Phi) is 4.92. The number of carbonyl (C=O) groups is 1. The second-order valence-electron chi connectivity index (χ2n) is 5.59. The minimum atomic E-state index is -1.02. The molecule has 0 aliphatic rings. The molecule has 0 fully saturated rings. The molecule has 0 saturated heterocycles. The van der Waals surface area contributed by atoms with Crippen molar-refractivity contribution >= 4 is 11.6 Å². The highest BCUT2D eigenvalue weighted by molar-refractivity contribution is 5.94. The smallest absolute Gasteiger partial charge is 0.251 e. The predicted octanol–water partition coefficient (Wildman–Crippen LogP) is 3.29. The summed E-state index contributed by atoms with van der Waals surface area (Å²) in [6, 6.07) is 9.33. The Hall–Kier alpha value is -3.29. The number of carbonyl (C=O) groups excluding carboxylic acids is 1. The van der Waals surface area contributed by atoms with Crippen molar-refractivity contribution in [3.8, 4) is 11.4 Å². The van der Waals surface area contributed by atoms with Crippen LogP contribution in [-0.2, 0) is 13.0 Å². The van der Waals surface area contributed by atoms with Crippen LogP contribution in [0.2, 0.25) is 0 Å². The Morgan fingerprint density at radius 3 is 2.58 bits per heavy atom. The summed E-state index contributed by atoms with van der Waals surface area (Å²) in [5, 5.41) is 6.57. The summed E-state index contributed by atoms with van der Waals surface area (Å²) in [5.41, 5.74) is 6.55. The maximum atomic E-state index is 13.8. The van der Waals surface area contributed by atoms with Crippen molar-refractivity contribution in [2.45, 2.75) is 19.9 Å². The number of primary amides is 1. The average Bonchev–Trinajstić information content (AvgIpc) is 3.09. The molecular formula is C18H16F2N4O2. The van der Waals surface area contributed by atoms with Gasteiger partial charge in [-0.05, 0) is 18.1 Å².